The number of piperidine rings is 1. The summed E-state index contributed by atoms with van der Waals surface area (Å²) in [6.07, 6.45) is 3.33. The van der Waals surface area contributed by atoms with E-state index in [2.05, 4.69) is 9.88 Å². The number of hydrogen-bond donors (Lipinski definition) is 0. The van der Waals surface area contributed by atoms with Crippen LogP contribution in [0, 0.1) is 11.7 Å². The molecule has 1 saturated heterocycles. The van der Waals surface area contributed by atoms with Gasteiger partial charge in [-0.3, -0.25) is 14.7 Å². The second-order valence-electron chi connectivity index (χ2n) is 7.26. The zero-order valence-electron chi connectivity index (χ0n) is 16.2. The van der Waals surface area contributed by atoms with Gasteiger partial charge in [-0.1, -0.05) is 13.8 Å². The number of hydrogen-bond acceptors (Lipinski definition) is 5. The standard InChI is InChI=1S/C21H27FN2O3/c1-4-26-21(25)20(14(2)3)24-11-8-16(9-12-24)27-19-7-10-23-18-6-5-15(22)13-17(18)19/h5-7,10,13-14,16,20H,4,8-9,11-12H2,1-3H3. The lowest BCUT2D eigenvalue weighted by molar-refractivity contribution is -0.152. The Bertz CT molecular complexity index is 788. The number of benzene rings is 1. The van der Waals surface area contributed by atoms with Crippen molar-refractivity contribution in [3.8, 4) is 5.75 Å². The van der Waals surface area contributed by atoms with Gasteiger partial charge in [0.15, 0.2) is 0 Å². The number of ether oxygens (including phenoxy) is 2. The molecule has 0 spiro atoms. The number of carbonyl (C=O) groups excluding carboxylic acids is 1. The lowest BCUT2D eigenvalue weighted by Gasteiger charge is -2.38. The maximum absolute atomic E-state index is 13.6. The molecule has 0 radical (unpaired) electrons. The van der Waals surface area contributed by atoms with Gasteiger partial charge in [0, 0.05) is 24.7 Å². The van der Waals surface area contributed by atoms with Crippen molar-refractivity contribution in [3.63, 3.8) is 0 Å². The fourth-order valence-corrected chi connectivity index (χ4v) is 3.72. The topological polar surface area (TPSA) is 51.7 Å². The van der Waals surface area contributed by atoms with Crippen molar-refractivity contribution >= 4 is 16.9 Å². The summed E-state index contributed by atoms with van der Waals surface area (Å²) in [4.78, 5) is 18.7. The molecule has 3 rings (SSSR count). The van der Waals surface area contributed by atoms with E-state index in [1.807, 2.05) is 20.8 Å². The van der Waals surface area contributed by atoms with Crippen LogP contribution >= 0.6 is 0 Å². The summed E-state index contributed by atoms with van der Waals surface area (Å²) in [6.45, 7) is 7.85. The molecule has 0 saturated carbocycles. The van der Waals surface area contributed by atoms with E-state index in [1.54, 1.807) is 18.3 Å². The van der Waals surface area contributed by atoms with E-state index in [1.165, 1.54) is 12.1 Å². The Hall–Kier alpha value is -2.21. The molecule has 6 heteroatoms. The molecule has 5 nitrogen and oxygen atoms in total. The van der Waals surface area contributed by atoms with Crippen LogP contribution in [0.2, 0.25) is 0 Å². The third-order valence-electron chi connectivity index (χ3n) is 4.99. The number of aromatic nitrogens is 1. The van der Waals surface area contributed by atoms with Crippen molar-refractivity contribution < 1.29 is 18.7 Å². The van der Waals surface area contributed by atoms with E-state index in [9.17, 15) is 9.18 Å². The molecule has 1 aliphatic rings. The molecule has 2 heterocycles. The van der Waals surface area contributed by atoms with Crippen LogP contribution in [-0.2, 0) is 9.53 Å². The molecule has 1 aliphatic heterocycles. The Balaban J connectivity index is 1.66. The molecule has 0 N–H and O–H groups in total. The maximum atomic E-state index is 13.6. The molecule has 1 fully saturated rings. The number of nitrogens with zero attached hydrogens (tertiary/aromatic N) is 2. The van der Waals surface area contributed by atoms with Crippen LogP contribution in [0.1, 0.15) is 33.6 Å². The van der Waals surface area contributed by atoms with Crippen LogP contribution in [0.5, 0.6) is 5.75 Å². The minimum absolute atomic E-state index is 0.0325. The van der Waals surface area contributed by atoms with Crippen LogP contribution in [-0.4, -0.2) is 47.7 Å². The van der Waals surface area contributed by atoms with Crippen LogP contribution in [0.3, 0.4) is 0 Å². The molecule has 1 atom stereocenters. The zero-order valence-corrected chi connectivity index (χ0v) is 16.2. The fraction of sp³-hybridized carbons (Fsp3) is 0.524. The minimum atomic E-state index is -0.301. The van der Waals surface area contributed by atoms with Gasteiger partial charge in [0.25, 0.3) is 0 Å². The van der Waals surface area contributed by atoms with Crippen LogP contribution in [0.25, 0.3) is 10.9 Å². The van der Waals surface area contributed by atoms with E-state index in [0.29, 0.717) is 23.3 Å². The van der Waals surface area contributed by atoms with E-state index in [-0.39, 0.29) is 29.9 Å². The lowest BCUT2D eigenvalue weighted by atomic mass is 9.98. The van der Waals surface area contributed by atoms with Gasteiger partial charge in [0.2, 0.25) is 0 Å². The Morgan fingerprint density at radius 2 is 2.04 bits per heavy atom. The molecule has 1 unspecified atom stereocenters. The molecular formula is C21H27FN2O3. The number of halogens is 1. The van der Waals surface area contributed by atoms with Gasteiger partial charge in [-0.2, -0.15) is 0 Å². The van der Waals surface area contributed by atoms with E-state index in [4.69, 9.17) is 9.47 Å². The molecule has 27 heavy (non-hydrogen) atoms. The summed E-state index contributed by atoms with van der Waals surface area (Å²) in [5, 5.41) is 0.687. The normalized spacial score (nSPS) is 17.2. The van der Waals surface area contributed by atoms with E-state index in [0.717, 1.165) is 25.9 Å². The average Bonchev–Trinajstić information content (AvgIpc) is 2.64. The van der Waals surface area contributed by atoms with Crippen molar-refractivity contribution in [2.24, 2.45) is 5.92 Å². The van der Waals surface area contributed by atoms with E-state index >= 15 is 0 Å². The smallest absolute Gasteiger partial charge is 0.323 e. The summed E-state index contributed by atoms with van der Waals surface area (Å²) in [5.41, 5.74) is 0.716. The molecule has 1 aromatic carbocycles. The summed E-state index contributed by atoms with van der Waals surface area (Å²) in [5.74, 6) is 0.393. The zero-order chi connectivity index (χ0) is 19.4. The fourth-order valence-electron chi connectivity index (χ4n) is 3.72. The number of fused-ring (bicyclic) bond motifs is 1. The van der Waals surface area contributed by atoms with Gasteiger partial charge in [-0.05, 0) is 49.9 Å². The van der Waals surface area contributed by atoms with Crippen LogP contribution in [0.4, 0.5) is 4.39 Å². The predicted molar refractivity (Wildman–Crippen MR) is 102 cm³/mol. The highest BCUT2D eigenvalue weighted by molar-refractivity contribution is 5.84. The summed E-state index contributed by atoms with van der Waals surface area (Å²) in [6, 6.07) is 6.08. The highest BCUT2D eigenvalue weighted by atomic mass is 19.1. The van der Waals surface area contributed by atoms with Gasteiger partial charge >= 0.3 is 5.97 Å². The third kappa shape index (κ3) is 4.56. The first kappa shape index (κ1) is 19.5. The Labute approximate surface area is 159 Å². The predicted octanol–water partition coefficient (Wildman–Crippen LogP) is 3.80. The lowest BCUT2D eigenvalue weighted by Crippen LogP contribution is -2.50. The molecule has 0 bridgehead atoms. The second-order valence-corrected chi connectivity index (χ2v) is 7.26. The molecule has 0 amide bonds. The third-order valence-corrected chi connectivity index (χ3v) is 4.99. The molecule has 1 aromatic heterocycles. The SMILES string of the molecule is CCOC(=O)C(C(C)C)N1CCC(Oc2ccnc3ccc(F)cc23)CC1. The second kappa shape index (κ2) is 8.65. The first-order chi connectivity index (χ1) is 13.0. The molecule has 2 aromatic rings. The summed E-state index contributed by atoms with van der Waals surface area (Å²) in [7, 11) is 0. The Morgan fingerprint density at radius 3 is 2.70 bits per heavy atom. The number of likely N-dealkylation sites (tertiary alicyclic amines) is 1. The minimum Gasteiger partial charge on any atom is -0.490 e. The number of carbonyl (C=O) groups is 1. The van der Waals surface area contributed by atoms with E-state index < -0.39 is 0 Å². The summed E-state index contributed by atoms with van der Waals surface area (Å²) >= 11 is 0. The van der Waals surface area contributed by atoms with Gasteiger partial charge in [0.1, 0.15) is 23.7 Å². The number of pyridine rings is 1. The van der Waals surface area contributed by atoms with Crippen LogP contribution < -0.4 is 4.74 Å². The molecular weight excluding hydrogens is 347 g/mol. The highest BCUT2D eigenvalue weighted by Gasteiger charge is 2.33. The number of rotatable bonds is 6. The quantitative estimate of drug-likeness (QED) is 0.720. The van der Waals surface area contributed by atoms with Gasteiger partial charge in [0.05, 0.1) is 12.1 Å². The highest BCUT2D eigenvalue weighted by Crippen LogP contribution is 2.28. The average molecular weight is 374 g/mol. The monoisotopic (exact) mass is 374 g/mol. The number of esters is 1. The first-order valence-corrected chi connectivity index (χ1v) is 9.61. The molecule has 146 valence electrons. The van der Waals surface area contributed by atoms with Crippen molar-refractivity contribution in [2.75, 3.05) is 19.7 Å². The van der Waals surface area contributed by atoms with Gasteiger partial charge in [-0.15, -0.1) is 0 Å². The van der Waals surface area contributed by atoms with Crippen molar-refractivity contribution in [2.45, 2.75) is 45.8 Å². The van der Waals surface area contributed by atoms with Crippen LogP contribution in [0.15, 0.2) is 30.5 Å². The van der Waals surface area contributed by atoms with Crippen molar-refractivity contribution in [1.29, 1.82) is 0 Å². The Kier molecular flexibility index (Phi) is 6.26. The molecule has 0 aliphatic carbocycles. The van der Waals surface area contributed by atoms with Gasteiger partial charge < -0.3 is 9.47 Å². The van der Waals surface area contributed by atoms with Crippen molar-refractivity contribution in [1.82, 2.24) is 9.88 Å². The first-order valence-electron chi connectivity index (χ1n) is 9.61. The Morgan fingerprint density at radius 1 is 1.30 bits per heavy atom. The maximum Gasteiger partial charge on any atom is 0.323 e. The largest absolute Gasteiger partial charge is 0.490 e. The van der Waals surface area contributed by atoms with Crippen molar-refractivity contribution in [3.05, 3.63) is 36.3 Å². The summed E-state index contributed by atoms with van der Waals surface area (Å²) < 4.78 is 25.0. The van der Waals surface area contributed by atoms with Gasteiger partial charge in [-0.25, -0.2) is 4.39 Å².